The molecule has 0 radical (unpaired) electrons. The number of esters is 1. The highest BCUT2D eigenvalue weighted by Crippen LogP contribution is 2.20. The lowest BCUT2D eigenvalue weighted by Gasteiger charge is -2.11. The van der Waals surface area contributed by atoms with E-state index in [-0.39, 0.29) is 17.8 Å². The van der Waals surface area contributed by atoms with Crippen molar-refractivity contribution < 1.29 is 14.5 Å². The summed E-state index contributed by atoms with van der Waals surface area (Å²) in [5.41, 5.74) is 1.51. The van der Waals surface area contributed by atoms with Crippen molar-refractivity contribution in [2.75, 3.05) is 6.61 Å². The quantitative estimate of drug-likeness (QED) is 0.378. The lowest BCUT2D eigenvalue weighted by atomic mass is 10.1. The molecule has 0 aliphatic rings. The Morgan fingerprint density at radius 2 is 1.96 bits per heavy atom. The molecule has 7 heteroatoms. The van der Waals surface area contributed by atoms with Gasteiger partial charge in [-0.2, -0.15) is 0 Å². The van der Waals surface area contributed by atoms with Gasteiger partial charge in [0.25, 0.3) is 11.2 Å². The first kappa shape index (κ1) is 18.3. The van der Waals surface area contributed by atoms with Crippen molar-refractivity contribution in [3.63, 3.8) is 0 Å². The Bertz CT molecular complexity index is 1070. The van der Waals surface area contributed by atoms with E-state index in [1.54, 1.807) is 30.3 Å². The van der Waals surface area contributed by atoms with Crippen LogP contribution in [0.4, 0.5) is 5.69 Å². The number of non-ortho nitro benzene ring substituents is 1. The highest BCUT2D eigenvalue weighted by atomic mass is 16.6. The number of carbonyl (C=O) groups is 1. The lowest BCUT2D eigenvalue weighted by molar-refractivity contribution is -0.384. The molecule has 138 valence electrons. The maximum atomic E-state index is 12.4. The van der Waals surface area contributed by atoms with Crippen LogP contribution < -0.4 is 5.56 Å². The van der Waals surface area contributed by atoms with E-state index >= 15 is 0 Å². The molecular formula is C20H18N2O5. The Morgan fingerprint density at radius 3 is 2.70 bits per heavy atom. The van der Waals surface area contributed by atoms with E-state index in [1.807, 2.05) is 13.0 Å². The lowest BCUT2D eigenvalue weighted by Crippen LogP contribution is -2.20. The fourth-order valence-corrected chi connectivity index (χ4v) is 2.82. The highest BCUT2D eigenvalue weighted by Gasteiger charge is 2.11. The number of hydrogen-bond donors (Lipinski definition) is 0. The van der Waals surface area contributed by atoms with Gasteiger partial charge in [-0.3, -0.25) is 14.9 Å². The summed E-state index contributed by atoms with van der Waals surface area (Å²) in [7, 11) is 0. The number of nitro benzene ring substituents is 1. The molecule has 7 nitrogen and oxygen atoms in total. The van der Waals surface area contributed by atoms with Gasteiger partial charge in [0, 0.05) is 23.6 Å². The third-order valence-electron chi connectivity index (χ3n) is 4.12. The average molecular weight is 366 g/mol. The molecule has 27 heavy (non-hydrogen) atoms. The van der Waals surface area contributed by atoms with Crippen molar-refractivity contribution in [1.82, 2.24) is 4.57 Å². The topological polar surface area (TPSA) is 91.4 Å². The summed E-state index contributed by atoms with van der Waals surface area (Å²) < 4.78 is 6.66. The third kappa shape index (κ3) is 4.03. The van der Waals surface area contributed by atoms with Crippen LogP contribution in [0.2, 0.25) is 0 Å². The minimum atomic E-state index is -0.472. The van der Waals surface area contributed by atoms with Crippen LogP contribution in [-0.4, -0.2) is 22.1 Å². The molecule has 0 unspecified atom stereocenters. The molecule has 1 aromatic heterocycles. The predicted molar refractivity (Wildman–Crippen MR) is 101 cm³/mol. The van der Waals surface area contributed by atoms with Gasteiger partial charge in [-0.1, -0.05) is 19.1 Å². The largest absolute Gasteiger partial charge is 0.462 e. The minimum Gasteiger partial charge on any atom is -0.462 e. The second-order valence-electron chi connectivity index (χ2n) is 6.09. The van der Waals surface area contributed by atoms with E-state index in [0.29, 0.717) is 23.1 Å². The molecule has 1 heterocycles. The smallest absolute Gasteiger partial charge is 0.338 e. The number of carbonyl (C=O) groups excluding carboxylic acids is 1. The Labute approximate surface area is 155 Å². The molecular weight excluding hydrogens is 348 g/mol. The molecule has 0 saturated heterocycles. The van der Waals surface area contributed by atoms with E-state index in [1.165, 1.54) is 22.8 Å². The number of nitro groups is 1. The predicted octanol–water partition coefficient (Wildman–Crippen LogP) is 3.52. The zero-order valence-corrected chi connectivity index (χ0v) is 14.8. The SMILES string of the molecule is CCCOC(=O)c1cccc(Cn2c(=O)ccc3cc([N+](=O)[O-])ccc32)c1. The van der Waals surface area contributed by atoms with Crippen LogP contribution in [0.15, 0.2) is 59.4 Å². The van der Waals surface area contributed by atoms with Crippen LogP contribution >= 0.6 is 0 Å². The fraction of sp³-hybridized carbons (Fsp3) is 0.200. The van der Waals surface area contributed by atoms with Crippen molar-refractivity contribution in [3.05, 3.63) is 86.2 Å². The van der Waals surface area contributed by atoms with Crippen LogP contribution in [0.3, 0.4) is 0 Å². The standard InChI is InChI=1S/C20H18N2O5/c1-2-10-27-20(24)16-5-3-4-14(11-16)13-21-18-8-7-17(22(25)26)12-15(18)6-9-19(21)23/h3-9,11-12H,2,10,13H2,1H3. The number of fused-ring (bicyclic) bond motifs is 1. The summed E-state index contributed by atoms with van der Waals surface area (Å²) in [4.78, 5) is 34.9. The van der Waals surface area contributed by atoms with Crippen molar-refractivity contribution in [2.24, 2.45) is 0 Å². The van der Waals surface area contributed by atoms with Gasteiger partial charge in [-0.05, 0) is 36.2 Å². The van der Waals surface area contributed by atoms with E-state index in [4.69, 9.17) is 4.74 Å². The Balaban J connectivity index is 1.97. The van der Waals surface area contributed by atoms with E-state index in [0.717, 1.165) is 12.0 Å². The van der Waals surface area contributed by atoms with Gasteiger partial charge >= 0.3 is 5.97 Å². The first-order valence-corrected chi connectivity index (χ1v) is 8.53. The van der Waals surface area contributed by atoms with Crippen molar-refractivity contribution >= 4 is 22.6 Å². The highest BCUT2D eigenvalue weighted by molar-refractivity contribution is 5.89. The minimum absolute atomic E-state index is 0.0339. The van der Waals surface area contributed by atoms with Gasteiger partial charge in [0.2, 0.25) is 0 Å². The zero-order chi connectivity index (χ0) is 19.4. The number of ether oxygens (including phenoxy) is 1. The summed E-state index contributed by atoms with van der Waals surface area (Å²) in [5.74, 6) is -0.403. The van der Waals surface area contributed by atoms with Crippen LogP contribution in [0.25, 0.3) is 10.9 Å². The molecule has 0 aliphatic carbocycles. The fourth-order valence-electron chi connectivity index (χ4n) is 2.82. The molecule has 0 fully saturated rings. The van der Waals surface area contributed by atoms with Crippen molar-refractivity contribution in [1.29, 1.82) is 0 Å². The average Bonchev–Trinajstić information content (AvgIpc) is 2.68. The number of pyridine rings is 1. The zero-order valence-electron chi connectivity index (χ0n) is 14.8. The molecule has 3 aromatic rings. The van der Waals surface area contributed by atoms with Gasteiger partial charge in [-0.25, -0.2) is 4.79 Å². The second kappa shape index (κ2) is 7.82. The van der Waals surface area contributed by atoms with E-state index < -0.39 is 10.9 Å². The summed E-state index contributed by atoms with van der Waals surface area (Å²) in [6, 6.07) is 14.2. The molecule has 2 aromatic carbocycles. The van der Waals surface area contributed by atoms with Gasteiger partial charge in [0.15, 0.2) is 0 Å². The Kier molecular flexibility index (Phi) is 5.30. The number of aromatic nitrogens is 1. The summed E-state index contributed by atoms with van der Waals surface area (Å²) in [6.07, 6.45) is 0.739. The Morgan fingerprint density at radius 1 is 1.15 bits per heavy atom. The maximum Gasteiger partial charge on any atom is 0.338 e. The molecule has 3 rings (SSSR count). The van der Waals surface area contributed by atoms with Gasteiger partial charge in [-0.15, -0.1) is 0 Å². The van der Waals surface area contributed by atoms with Crippen molar-refractivity contribution in [2.45, 2.75) is 19.9 Å². The number of nitrogens with zero attached hydrogens (tertiary/aromatic N) is 2. The molecule has 0 bridgehead atoms. The van der Waals surface area contributed by atoms with Gasteiger partial charge in [0.05, 0.1) is 29.2 Å². The molecule has 0 atom stereocenters. The molecule has 0 N–H and O–H groups in total. The summed E-state index contributed by atoms with van der Waals surface area (Å²) in [5, 5.41) is 11.6. The van der Waals surface area contributed by atoms with Crippen LogP contribution in [0.1, 0.15) is 29.3 Å². The van der Waals surface area contributed by atoms with Crippen LogP contribution in [0.5, 0.6) is 0 Å². The van der Waals surface area contributed by atoms with E-state index in [2.05, 4.69) is 0 Å². The maximum absolute atomic E-state index is 12.4. The third-order valence-corrected chi connectivity index (χ3v) is 4.12. The molecule has 0 aliphatic heterocycles. The molecule has 0 amide bonds. The van der Waals surface area contributed by atoms with Crippen LogP contribution in [0, 0.1) is 10.1 Å². The Hall–Kier alpha value is -3.48. The van der Waals surface area contributed by atoms with Gasteiger partial charge < -0.3 is 9.30 Å². The number of benzene rings is 2. The number of hydrogen-bond acceptors (Lipinski definition) is 5. The normalized spacial score (nSPS) is 10.7. The second-order valence-corrected chi connectivity index (χ2v) is 6.09. The van der Waals surface area contributed by atoms with Gasteiger partial charge in [0.1, 0.15) is 0 Å². The monoisotopic (exact) mass is 366 g/mol. The van der Waals surface area contributed by atoms with E-state index in [9.17, 15) is 19.7 Å². The summed E-state index contributed by atoms with van der Waals surface area (Å²) >= 11 is 0. The first-order chi connectivity index (χ1) is 13.0. The molecule has 0 spiro atoms. The van der Waals surface area contributed by atoms with Crippen molar-refractivity contribution in [3.8, 4) is 0 Å². The van der Waals surface area contributed by atoms with Crippen LogP contribution in [-0.2, 0) is 11.3 Å². The number of rotatable bonds is 6. The summed E-state index contributed by atoms with van der Waals surface area (Å²) in [6.45, 7) is 2.51. The first-order valence-electron chi connectivity index (χ1n) is 8.53. The molecule has 0 saturated carbocycles.